The smallest absolute Gasteiger partial charge is 0.268 e. The Morgan fingerprint density at radius 3 is 2.48 bits per heavy atom. The fraction of sp³-hybridized carbons (Fsp3) is 0.222. The monoisotopic (exact) mass is 438 g/mol. The van der Waals surface area contributed by atoms with Crippen LogP contribution in [-0.2, 0) is 5.92 Å². The lowest BCUT2D eigenvalue weighted by atomic mass is 9.83. The van der Waals surface area contributed by atoms with Gasteiger partial charge in [0.15, 0.2) is 17.2 Å². The van der Waals surface area contributed by atoms with Crippen LogP contribution in [0.4, 0.5) is 17.6 Å². The van der Waals surface area contributed by atoms with Crippen LogP contribution in [0.3, 0.4) is 0 Å². The quantitative estimate of drug-likeness (QED) is 0.513. The van der Waals surface area contributed by atoms with Gasteiger partial charge in [-0.3, -0.25) is 4.99 Å². The first-order valence-electron chi connectivity index (χ1n) is 7.89. The van der Waals surface area contributed by atoms with Gasteiger partial charge in [0.25, 0.3) is 5.92 Å². The van der Waals surface area contributed by atoms with Crippen molar-refractivity contribution in [3.05, 3.63) is 63.4 Å². The highest BCUT2D eigenvalue weighted by atomic mass is 79.9. The van der Waals surface area contributed by atoms with E-state index in [-0.39, 0.29) is 33.7 Å². The summed E-state index contributed by atoms with van der Waals surface area (Å²) in [5, 5.41) is 7.50. The van der Waals surface area contributed by atoms with Gasteiger partial charge in [-0.2, -0.15) is 8.78 Å². The molecule has 2 heterocycles. The number of nitrogens with zero attached hydrogens (tertiary/aromatic N) is 4. The molecule has 0 amide bonds. The van der Waals surface area contributed by atoms with E-state index in [2.05, 4.69) is 36.1 Å². The molecule has 1 aliphatic heterocycles. The minimum Gasteiger partial charge on any atom is -0.268 e. The minimum absolute atomic E-state index is 0.0411. The summed E-state index contributed by atoms with van der Waals surface area (Å²) in [6, 6.07) is 6.58. The number of hydrogen-bond donors (Lipinski definition) is 0. The van der Waals surface area contributed by atoms with Gasteiger partial charge in [-0.05, 0) is 38.1 Å². The van der Waals surface area contributed by atoms with Crippen molar-refractivity contribution in [1.29, 1.82) is 0 Å². The molecule has 0 bridgehead atoms. The lowest BCUT2D eigenvalue weighted by Crippen LogP contribution is -2.44. The average molecular weight is 439 g/mol. The molecule has 0 spiro atoms. The Hall–Kier alpha value is -2.42. The highest BCUT2D eigenvalue weighted by Gasteiger charge is 2.53. The van der Waals surface area contributed by atoms with Crippen LogP contribution in [0.2, 0.25) is 0 Å². The lowest BCUT2D eigenvalue weighted by molar-refractivity contribution is -0.0682. The van der Waals surface area contributed by atoms with Gasteiger partial charge in [-0.15, -0.1) is 10.2 Å². The number of alkyl halides is 2. The minimum atomic E-state index is -3.23. The van der Waals surface area contributed by atoms with Crippen molar-refractivity contribution in [1.82, 2.24) is 15.2 Å². The Balaban J connectivity index is 1.97. The summed E-state index contributed by atoms with van der Waals surface area (Å²) < 4.78 is 57.5. The van der Waals surface area contributed by atoms with Gasteiger partial charge in [0, 0.05) is 15.6 Å². The van der Waals surface area contributed by atoms with Crippen molar-refractivity contribution in [2.24, 2.45) is 4.99 Å². The maximum atomic E-state index is 14.9. The summed E-state index contributed by atoms with van der Waals surface area (Å²) in [5.41, 5.74) is -1.99. The van der Waals surface area contributed by atoms with Gasteiger partial charge < -0.3 is 0 Å². The summed E-state index contributed by atoms with van der Waals surface area (Å²) in [6.07, 6.45) is 0. The SMILES string of the molecule is CC1(C)N=C(c2nnc3c(F)c(F)ccc3n2)c2ccc(Br)cc2C1(F)F. The zero-order chi connectivity index (χ0) is 19.6. The van der Waals surface area contributed by atoms with E-state index in [0.717, 1.165) is 6.07 Å². The van der Waals surface area contributed by atoms with Crippen molar-refractivity contribution < 1.29 is 17.6 Å². The summed E-state index contributed by atoms with van der Waals surface area (Å²) >= 11 is 3.21. The molecule has 0 aliphatic carbocycles. The van der Waals surface area contributed by atoms with Crippen LogP contribution in [0.25, 0.3) is 11.0 Å². The van der Waals surface area contributed by atoms with Crippen LogP contribution < -0.4 is 0 Å². The Labute approximate surface area is 159 Å². The van der Waals surface area contributed by atoms with E-state index in [1.807, 2.05) is 0 Å². The van der Waals surface area contributed by atoms with Gasteiger partial charge in [0.1, 0.15) is 11.3 Å². The van der Waals surface area contributed by atoms with Crippen LogP contribution in [0.5, 0.6) is 0 Å². The first-order chi connectivity index (χ1) is 12.6. The number of aliphatic imine (C=N–C) groups is 1. The molecule has 1 aromatic heterocycles. The Morgan fingerprint density at radius 1 is 1.00 bits per heavy atom. The lowest BCUT2D eigenvalue weighted by Gasteiger charge is -2.36. The van der Waals surface area contributed by atoms with E-state index in [1.54, 1.807) is 6.07 Å². The van der Waals surface area contributed by atoms with Crippen molar-refractivity contribution in [3.63, 3.8) is 0 Å². The van der Waals surface area contributed by atoms with E-state index in [9.17, 15) is 17.6 Å². The molecule has 4 rings (SSSR count). The average Bonchev–Trinajstić information content (AvgIpc) is 2.62. The third-order valence-corrected chi connectivity index (χ3v) is 4.96. The van der Waals surface area contributed by atoms with E-state index in [4.69, 9.17) is 0 Å². The number of fused-ring (bicyclic) bond motifs is 2. The third-order valence-electron chi connectivity index (χ3n) is 4.47. The molecule has 0 radical (unpaired) electrons. The first-order valence-corrected chi connectivity index (χ1v) is 8.68. The molecule has 2 aromatic carbocycles. The molecule has 0 atom stereocenters. The van der Waals surface area contributed by atoms with Crippen LogP contribution in [-0.4, -0.2) is 26.4 Å². The summed E-state index contributed by atoms with van der Waals surface area (Å²) in [5.74, 6) is -5.51. The van der Waals surface area contributed by atoms with Crippen LogP contribution in [0, 0.1) is 11.6 Å². The van der Waals surface area contributed by atoms with E-state index >= 15 is 0 Å². The second-order valence-corrected chi connectivity index (χ2v) is 7.56. The predicted molar refractivity (Wildman–Crippen MR) is 95.0 cm³/mol. The normalized spacial score (nSPS) is 17.5. The maximum absolute atomic E-state index is 14.9. The van der Waals surface area contributed by atoms with Crippen LogP contribution in [0.1, 0.15) is 30.8 Å². The second-order valence-electron chi connectivity index (χ2n) is 6.65. The highest BCUT2D eigenvalue weighted by Crippen LogP contribution is 2.47. The molecule has 0 N–H and O–H groups in total. The molecule has 27 heavy (non-hydrogen) atoms. The fourth-order valence-corrected chi connectivity index (χ4v) is 3.30. The number of rotatable bonds is 1. The number of benzene rings is 2. The molecule has 9 heteroatoms. The third kappa shape index (κ3) is 2.63. The van der Waals surface area contributed by atoms with Gasteiger partial charge in [-0.1, -0.05) is 22.0 Å². The molecule has 3 aromatic rings. The van der Waals surface area contributed by atoms with Crippen LogP contribution in [0.15, 0.2) is 39.8 Å². The molecule has 138 valence electrons. The van der Waals surface area contributed by atoms with Crippen molar-refractivity contribution in [2.45, 2.75) is 25.3 Å². The van der Waals surface area contributed by atoms with E-state index < -0.39 is 23.1 Å². The standard InChI is InChI=1S/C18H11BrF4N4/c1-17(2)18(22,23)10-7-8(19)3-4-9(10)14(25-17)16-24-12-6-5-11(20)13(21)15(12)26-27-16/h3-7H,1-2H3. The van der Waals surface area contributed by atoms with Crippen molar-refractivity contribution >= 4 is 32.7 Å². The van der Waals surface area contributed by atoms with Crippen LogP contribution >= 0.6 is 15.9 Å². The molecule has 0 saturated heterocycles. The molecule has 0 saturated carbocycles. The molecule has 0 fully saturated rings. The zero-order valence-electron chi connectivity index (χ0n) is 14.1. The largest absolute Gasteiger partial charge is 0.298 e. The summed E-state index contributed by atoms with van der Waals surface area (Å²) in [4.78, 5) is 8.34. The predicted octanol–water partition coefficient (Wildman–Crippen LogP) is 4.79. The van der Waals surface area contributed by atoms with Gasteiger partial charge in [0.2, 0.25) is 5.82 Å². The van der Waals surface area contributed by atoms with Gasteiger partial charge in [0.05, 0.1) is 5.52 Å². The first kappa shape index (κ1) is 18.0. The molecule has 0 unspecified atom stereocenters. The van der Waals surface area contributed by atoms with Gasteiger partial charge >= 0.3 is 0 Å². The fourth-order valence-electron chi connectivity index (χ4n) is 2.94. The Bertz CT molecular complexity index is 1130. The van der Waals surface area contributed by atoms with E-state index in [1.165, 1.54) is 32.0 Å². The Kier molecular flexibility index (Phi) is 3.85. The van der Waals surface area contributed by atoms with E-state index in [0.29, 0.717) is 4.47 Å². The number of aromatic nitrogens is 3. The summed E-state index contributed by atoms with van der Waals surface area (Å²) in [6.45, 7) is 2.61. The maximum Gasteiger partial charge on any atom is 0.298 e. The molecular formula is C18H11BrF4N4. The zero-order valence-corrected chi connectivity index (χ0v) is 15.7. The molecular weight excluding hydrogens is 428 g/mol. The second kappa shape index (κ2) is 5.79. The highest BCUT2D eigenvalue weighted by molar-refractivity contribution is 9.10. The van der Waals surface area contributed by atoms with Crippen molar-refractivity contribution in [3.8, 4) is 0 Å². The molecule has 1 aliphatic rings. The number of hydrogen-bond acceptors (Lipinski definition) is 4. The topological polar surface area (TPSA) is 51.0 Å². The molecule has 4 nitrogen and oxygen atoms in total. The Morgan fingerprint density at radius 2 is 1.74 bits per heavy atom. The summed E-state index contributed by atoms with van der Waals surface area (Å²) in [7, 11) is 0. The number of halogens is 5. The van der Waals surface area contributed by atoms with Crippen molar-refractivity contribution in [2.75, 3.05) is 0 Å². The van der Waals surface area contributed by atoms with Gasteiger partial charge in [-0.25, -0.2) is 13.8 Å².